The Balaban J connectivity index is 3.01. The summed E-state index contributed by atoms with van der Waals surface area (Å²) >= 11 is 4.16. The maximum absolute atomic E-state index is 4.19. The van der Waals surface area contributed by atoms with E-state index in [1.807, 2.05) is 6.20 Å². The van der Waals surface area contributed by atoms with Crippen LogP contribution in [0.1, 0.15) is 18.4 Å². The molecule has 1 heterocycles. The van der Waals surface area contributed by atoms with E-state index in [1.165, 1.54) is 5.69 Å². The van der Waals surface area contributed by atoms with Crippen LogP contribution in [0, 0.1) is 6.92 Å². The average Bonchev–Trinajstić information content (AvgIpc) is 2.30. The molecule has 0 amide bonds. The first-order valence-electron chi connectivity index (χ1n) is 3.41. The number of nitrogens with zero attached hydrogens (tertiary/aromatic N) is 2. The molecule has 0 N–H and O–H groups in total. The van der Waals surface area contributed by atoms with Gasteiger partial charge in [0, 0.05) is 24.2 Å². The highest BCUT2D eigenvalue weighted by Gasteiger charge is 2.00. The van der Waals surface area contributed by atoms with Crippen molar-refractivity contribution in [1.82, 2.24) is 9.55 Å². The monoisotopic (exact) mass is 156 g/mol. The fourth-order valence-electron chi connectivity index (χ4n) is 1.07. The van der Waals surface area contributed by atoms with Gasteiger partial charge in [-0.1, -0.05) is 0 Å². The van der Waals surface area contributed by atoms with Crippen LogP contribution >= 0.6 is 12.6 Å². The van der Waals surface area contributed by atoms with Crippen LogP contribution in [0.4, 0.5) is 0 Å². The summed E-state index contributed by atoms with van der Waals surface area (Å²) in [7, 11) is 0. The number of hydrogen-bond acceptors (Lipinski definition) is 2. The molecule has 10 heavy (non-hydrogen) atoms. The van der Waals surface area contributed by atoms with E-state index in [4.69, 9.17) is 0 Å². The lowest BCUT2D eigenvalue weighted by Gasteiger charge is -2.02. The van der Waals surface area contributed by atoms with E-state index in [2.05, 4.69) is 36.0 Å². The maximum atomic E-state index is 4.19. The van der Waals surface area contributed by atoms with Gasteiger partial charge in [-0.3, -0.25) is 0 Å². The van der Waals surface area contributed by atoms with Gasteiger partial charge in [0.25, 0.3) is 0 Å². The van der Waals surface area contributed by atoms with Crippen LogP contribution in [0.25, 0.3) is 0 Å². The molecule has 0 aliphatic rings. The second-order valence-corrected chi connectivity index (χ2v) is 2.53. The molecule has 0 saturated heterocycles. The molecule has 3 heteroatoms. The number of aromatic nitrogens is 2. The highest BCUT2D eigenvalue weighted by molar-refractivity contribution is 7.79. The molecule has 2 nitrogen and oxygen atoms in total. The molecule has 1 aromatic rings. The van der Waals surface area contributed by atoms with E-state index < -0.39 is 0 Å². The van der Waals surface area contributed by atoms with E-state index in [9.17, 15) is 0 Å². The van der Waals surface area contributed by atoms with Crippen molar-refractivity contribution >= 4 is 12.6 Å². The summed E-state index contributed by atoms with van der Waals surface area (Å²) in [5.41, 5.74) is 1.21. The molecule has 0 radical (unpaired) electrons. The van der Waals surface area contributed by atoms with Crippen molar-refractivity contribution in [3.63, 3.8) is 0 Å². The molecular formula is C7H12N2S. The Bertz CT molecular complexity index is 217. The molecule has 0 aliphatic carbocycles. The van der Waals surface area contributed by atoms with E-state index in [-0.39, 0.29) is 0 Å². The van der Waals surface area contributed by atoms with Gasteiger partial charge in [0.2, 0.25) is 0 Å². The Morgan fingerprint density at radius 1 is 1.70 bits per heavy atom. The van der Waals surface area contributed by atoms with Crippen molar-refractivity contribution in [2.75, 3.05) is 0 Å². The van der Waals surface area contributed by atoms with E-state index in [0.717, 1.165) is 18.1 Å². The Labute approximate surface area is 66.7 Å². The van der Waals surface area contributed by atoms with Crippen LogP contribution in [0.2, 0.25) is 0 Å². The summed E-state index contributed by atoms with van der Waals surface area (Å²) in [6.07, 6.45) is 1.88. The molecule has 56 valence electrons. The summed E-state index contributed by atoms with van der Waals surface area (Å²) in [4.78, 5) is 4.19. The van der Waals surface area contributed by atoms with Crippen LogP contribution in [-0.4, -0.2) is 9.55 Å². The largest absolute Gasteiger partial charge is 0.332 e. The first kappa shape index (κ1) is 7.66. The first-order chi connectivity index (χ1) is 4.79. The molecule has 0 fully saturated rings. The van der Waals surface area contributed by atoms with Gasteiger partial charge >= 0.3 is 0 Å². The summed E-state index contributed by atoms with van der Waals surface area (Å²) in [5.74, 6) is 1.78. The minimum absolute atomic E-state index is 0.724. The van der Waals surface area contributed by atoms with Gasteiger partial charge in [-0.2, -0.15) is 12.6 Å². The van der Waals surface area contributed by atoms with Crippen molar-refractivity contribution in [3.8, 4) is 0 Å². The van der Waals surface area contributed by atoms with Crippen molar-refractivity contribution in [1.29, 1.82) is 0 Å². The summed E-state index contributed by atoms with van der Waals surface area (Å²) in [6, 6.07) is 0. The normalized spacial score (nSPS) is 10.3. The average molecular weight is 156 g/mol. The fourth-order valence-corrected chi connectivity index (χ4v) is 1.32. The standard InChI is InChI=1S/C7H12N2S/c1-3-9-6(2)4-8-7(9)5-10/h4,10H,3,5H2,1-2H3. The second kappa shape index (κ2) is 3.10. The lowest BCUT2D eigenvalue weighted by atomic mass is 10.5. The Morgan fingerprint density at radius 2 is 2.40 bits per heavy atom. The van der Waals surface area contributed by atoms with Crippen LogP contribution in [0.3, 0.4) is 0 Å². The molecule has 0 spiro atoms. The zero-order valence-electron chi connectivity index (χ0n) is 6.33. The van der Waals surface area contributed by atoms with Gasteiger partial charge in [0.05, 0.1) is 0 Å². The highest BCUT2D eigenvalue weighted by Crippen LogP contribution is 2.05. The molecule has 0 atom stereocenters. The number of thiol groups is 1. The third-order valence-electron chi connectivity index (χ3n) is 1.60. The lowest BCUT2D eigenvalue weighted by molar-refractivity contribution is 0.705. The summed E-state index contributed by atoms with van der Waals surface area (Å²) in [6.45, 7) is 5.16. The summed E-state index contributed by atoms with van der Waals surface area (Å²) in [5, 5.41) is 0. The second-order valence-electron chi connectivity index (χ2n) is 2.22. The van der Waals surface area contributed by atoms with Gasteiger partial charge in [-0.15, -0.1) is 0 Å². The third kappa shape index (κ3) is 1.19. The first-order valence-corrected chi connectivity index (χ1v) is 4.04. The van der Waals surface area contributed by atoms with Crippen LogP contribution < -0.4 is 0 Å². The minimum atomic E-state index is 0.724. The van der Waals surface area contributed by atoms with Crippen molar-refractivity contribution in [2.24, 2.45) is 0 Å². The maximum Gasteiger partial charge on any atom is 0.118 e. The van der Waals surface area contributed by atoms with E-state index in [0.29, 0.717) is 0 Å². The highest BCUT2D eigenvalue weighted by atomic mass is 32.1. The number of hydrogen-bond donors (Lipinski definition) is 1. The Hall–Kier alpha value is -0.440. The lowest BCUT2D eigenvalue weighted by Crippen LogP contribution is -2.00. The van der Waals surface area contributed by atoms with Crippen molar-refractivity contribution in [2.45, 2.75) is 26.1 Å². The van der Waals surface area contributed by atoms with Gasteiger partial charge in [0.1, 0.15) is 5.82 Å². The zero-order chi connectivity index (χ0) is 7.56. The smallest absolute Gasteiger partial charge is 0.118 e. The van der Waals surface area contributed by atoms with Crippen molar-refractivity contribution in [3.05, 3.63) is 17.7 Å². The van der Waals surface area contributed by atoms with E-state index >= 15 is 0 Å². The molecule has 0 unspecified atom stereocenters. The molecule has 1 aromatic heterocycles. The number of aryl methyl sites for hydroxylation is 1. The van der Waals surface area contributed by atoms with E-state index in [1.54, 1.807) is 0 Å². The quantitative estimate of drug-likeness (QED) is 0.644. The molecule has 0 aliphatic heterocycles. The van der Waals surface area contributed by atoms with Gasteiger partial charge in [-0.05, 0) is 13.8 Å². The van der Waals surface area contributed by atoms with Crippen LogP contribution in [0.15, 0.2) is 6.20 Å². The van der Waals surface area contributed by atoms with Crippen LogP contribution in [0.5, 0.6) is 0 Å². The topological polar surface area (TPSA) is 17.8 Å². The van der Waals surface area contributed by atoms with Crippen LogP contribution in [-0.2, 0) is 12.3 Å². The SMILES string of the molecule is CCn1c(C)cnc1CS. The Morgan fingerprint density at radius 3 is 2.80 bits per heavy atom. The predicted octanol–water partition coefficient (Wildman–Crippen LogP) is 1.64. The molecule has 0 aromatic carbocycles. The van der Waals surface area contributed by atoms with Gasteiger partial charge < -0.3 is 4.57 Å². The molecule has 1 rings (SSSR count). The fraction of sp³-hybridized carbons (Fsp3) is 0.571. The Kier molecular flexibility index (Phi) is 2.38. The molecular weight excluding hydrogens is 144 g/mol. The zero-order valence-corrected chi connectivity index (χ0v) is 7.23. The third-order valence-corrected chi connectivity index (χ3v) is 1.88. The molecule has 0 bridgehead atoms. The summed E-state index contributed by atoms with van der Waals surface area (Å²) < 4.78 is 2.16. The molecule has 0 saturated carbocycles. The van der Waals surface area contributed by atoms with Gasteiger partial charge in [0.15, 0.2) is 0 Å². The van der Waals surface area contributed by atoms with Gasteiger partial charge in [-0.25, -0.2) is 4.98 Å². The minimum Gasteiger partial charge on any atom is -0.332 e. The van der Waals surface area contributed by atoms with Crippen molar-refractivity contribution < 1.29 is 0 Å². The number of rotatable bonds is 2. The number of imidazole rings is 1. The predicted molar refractivity (Wildman–Crippen MR) is 45.3 cm³/mol.